The van der Waals surface area contributed by atoms with Crippen molar-refractivity contribution in [3.05, 3.63) is 40.1 Å². The van der Waals surface area contributed by atoms with Gasteiger partial charge in [0.05, 0.1) is 15.4 Å². The molecule has 0 radical (unpaired) electrons. The molecule has 1 amide bonds. The van der Waals surface area contributed by atoms with Gasteiger partial charge in [-0.1, -0.05) is 35.3 Å². The Hall–Kier alpha value is -3.02. The molecule has 2 aromatic heterocycles. The van der Waals surface area contributed by atoms with Gasteiger partial charge < -0.3 is 19.9 Å². The maximum atomic E-state index is 12.2. The lowest BCUT2D eigenvalue weighted by molar-refractivity contribution is 0.0448. The second-order valence-corrected chi connectivity index (χ2v) is 10.5. The van der Waals surface area contributed by atoms with E-state index in [1.165, 1.54) is 0 Å². The first-order chi connectivity index (χ1) is 16.0. The molecule has 2 N–H and O–H groups in total. The van der Waals surface area contributed by atoms with Crippen molar-refractivity contribution in [2.24, 2.45) is 0 Å². The number of amides is 1. The van der Waals surface area contributed by atoms with E-state index in [2.05, 4.69) is 26.3 Å². The number of carbonyl (C=O) groups is 1. The molecule has 1 saturated heterocycles. The van der Waals surface area contributed by atoms with E-state index in [9.17, 15) is 10.1 Å². The molecule has 0 atom stereocenters. The molecular weight excluding hydrogens is 475 g/mol. The molecule has 1 fully saturated rings. The van der Waals surface area contributed by atoms with Crippen LogP contribution in [0.3, 0.4) is 0 Å². The first-order valence-corrected chi connectivity index (χ1v) is 11.7. The van der Waals surface area contributed by atoms with Crippen LogP contribution in [0.15, 0.2) is 24.4 Å². The predicted molar refractivity (Wildman–Crippen MR) is 133 cm³/mol. The Bertz CT molecular complexity index is 1280. The van der Waals surface area contributed by atoms with Crippen LogP contribution in [0.2, 0.25) is 10.0 Å². The van der Waals surface area contributed by atoms with E-state index >= 15 is 0 Å². The molecule has 3 aromatic rings. The van der Waals surface area contributed by atoms with Crippen molar-refractivity contribution in [3.8, 4) is 17.2 Å². The van der Waals surface area contributed by atoms with Gasteiger partial charge in [-0.15, -0.1) is 0 Å². The maximum Gasteiger partial charge on any atom is 0.408 e. The number of benzene rings is 1. The summed E-state index contributed by atoms with van der Waals surface area (Å²) in [6, 6.07) is 7.56. The molecule has 3 heterocycles. The summed E-state index contributed by atoms with van der Waals surface area (Å²) in [4.78, 5) is 26.7. The molecule has 10 heteroatoms. The number of alkyl carbamates (subject to hydrolysis) is 1. The lowest BCUT2D eigenvalue weighted by Crippen LogP contribution is -2.54. The van der Waals surface area contributed by atoms with Crippen molar-refractivity contribution in [2.45, 2.75) is 51.7 Å². The van der Waals surface area contributed by atoms with Crippen molar-refractivity contribution in [2.75, 3.05) is 18.0 Å². The van der Waals surface area contributed by atoms with Gasteiger partial charge >= 0.3 is 6.09 Å². The van der Waals surface area contributed by atoms with Crippen LogP contribution in [0, 0.1) is 11.3 Å². The SMILES string of the molecule is CC1(NC(=O)OC(C)(C)C)CCN(c2nc(C#N)c3c(-c4cccc(Cl)c4Cl)c[nH]c3n2)CC1. The van der Waals surface area contributed by atoms with Crippen molar-refractivity contribution >= 4 is 46.3 Å². The van der Waals surface area contributed by atoms with E-state index in [1.807, 2.05) is 38.7 Å². The number of halogens is 2. The lowest BCUT2D eigenvalue weighted by atomic mass is 9.90. The second-order valence-electron chi connectivity index (χ2n) is 9.69. The summed E-state index contributed by atoms with van der Waals surface area (Å²) in [6.07, 6.45) is 2.71. The summed E-state index contributed by atoms with van der Waals surface area (Å²) in [5, 5.41) is 14.3. The van der Waals surface area contributed by atoms with Crippen LogP contribution in [-0.2, 0) is 4.74 Å². The van der Waals surface area contributed by atoms with E-state index in [4.69, 9.17) is 27.9 Å². The van der Waals surface area contributed by atoms with Gasteiger partial charge in [0.2, 0.25) is 5.95 Å². The number of rotatable bonds is 3. The molecule has 0 bridgehead atoms. The number of carbonyl (C=O) groups excluding carboxylic acids is 1. The number of piperidine rings is 1. The largest absolute Gasteiger partial charge is 0.444 e. The number of fused-ring (bicyclic) bond motifs is 1. The quantitative estimate of drug-likeness (QED) is 0.478. The topological polar surface area (TPSA) is 107 Å². The third-order valence-electron chi connectivity index (χ3n) is 5.82. The van der Waals surface area contributed by atoms with E-state index in [1.54, 1.807) is 18.3 Å². The minimum atomic E-state index is -0.553. The Morgan fingerprint density at radius 3 is 2.59 bits per heavy atom. The highest BCUT2D eigenvalue weighted by atomic mass is 35.5. The third kappa shape index (κ3) is 4.91. The number of anilines is 1. The molecule has 0 unspecified atom stereocenters. The smallest absolute Gasteiger partial charge is 0.408 e. The van der Waals surface area contributed by atoms with Gasteiger partial charge in [-0.25, -0.2) is 9.78 Å². The Kier molecular flexibility index (Phi) is 6.36. The van der Waals surface area contributed by atoms with Gasteiger partial charge in [-0.05, 0) is 46.6 Å². The summed E-state index contributed by atoms with van der Waals surface area (Å²) in [7, 11) is 0. The molecule has 178 valence electrons. The molecule has 1 aliphatic heterocycles. The molecule has 1 aromatic carbocycles. The zero-order valence-electron chi connectivity index (χ0n) is 19.5. The molecule has 0 saturated carbocycles. The van der Waals surface area contributed by atoms with Gasteiger partial charge in [-0.2, -0.15) is 10.2 Å². The van der Waals surface area contributed by atoms with Crippen molar-refractivity contribution < 1.29 is 9.53 Å². The molecule has 1 aliphatic rings. The van der Waals surface area contributed by atoms with E-state index < -0.39 is 17.2 Å². The average Bonchev–Trinajstić information content (AvgIpc) is 3.17. The summed E-state index contributed by atoms with van der Waals surface area (Å²) >= 11 is 12.6. The summed E-state index contributed by atoms with van der Waals surface area (Å²) in [5.74, 6) is 0.467. The van der Waals surface area contributed by atoms with Crippen LogP contribution >= 0.6 is 23.2 Å². The summed E-state index contributed by atoms with van der Waals surface area (Å²) in [5.41, 5.74) is 1.28. The fourth-order valence-electron chi connectivity index (χ4n) is 4.04. The Labute approximate surface area is 208 Å². The molecule has 0 aliphatic carbocycles. The number of aromatic nitrogens is 3. The molecule has 8 nitrogen and oxygen atoms in total. The molecule has 34 heavy (non-hydrogen) atoms. The van der Waals surface area contributed by atoms with Gasteiger partial charge in [-0.3, -0.25) is 0 Å². The molecule has 0 spiro atoms. The van der Waals surface area contributed by atoms with Crippen LogP contribution in [0.5, 0.6) is 0 Å². The standard InChI is InChI=1S/C24H26Cl2N6O2/c1-23(2,3)34-22(33)31-24(4)8-10-32(11-9-24)21-29-17(12-27)18-15(13-28-20(18)30-21)14-6-5-7-16(25)19(14)26/h5-7,13H,8-11H2,1-4H3,(H,31,33)(H,28,29,30). The number of hydrogen-bond donors (Lipinski definition) is 2. The fourth-order valence-corrected chi connectivity index (χ4v) is 4.45. The maximum absolute atomic E-state index is 12.2. The summed E-state index contributed by atoms with van der Waals surface area (Å²) in [6.45, 7) is 8.76. The number of H-pyrrole nitrogens is 1. The van der Waals surface area contributed by atoms with Crippen LogP contribution in [0.4, 0.5) is 10.7 Å². The Balaban J connectivity index is 1.57. The zero-order valence-corrected chi connectivity index (χ0v) is 21.0. The number of nitriles is 1. The first kappa shape index (κ1) is 24.1. The average molecular weight is 501 g/mol. The van der Waals surface area contributed by atoms with Crippen molar-refractivity contribution in [1.82, 2.24) is 20.3 Å². The van der Waals surface area contributed by atoms with Gasteiger partial charge in [0.1, 0.15) is 17.3 Å². The normalized spacial score (nSPS) is 15.7. The highest BCUT2D eigenvalue weighted by Gasteiger charge is 2.34. The van der Waals surface area contributed by atoms with Gasteiger partial charge in [0.15, 0.2) is 5.69 Å². The van der Waals surface area contributed by atoms with E-state index in [0.29, 0.717) is 58.5 Å². The first-order valence-electron chi connectivity index (χ1n) is 11.0. The third-order valence-corrected chi connectivity index (χ3v) is 6.64. The van der Waals surface area contributed by atoms with Crippen LogP contribution in [0.25, 0.3) is 22.2 Å². The van der Waals surface area contributed by atoms with Crippen molar-refractivity contribution in [1.29, 1.82) is 5.26 Å². The van der Waals surface area contributed by atoms with Crippen LogP contribution < -0.4 is 10.2 Å². The second kappa shape index (κ2) is 8.97. The van der Waals surface area contributed by atoms with E-state index in [0.717, 1.165) is 5.56 Å². The minimum Gasteiger partial charge on any atom is -0.444 e. The predicted octanol–water partition coefficient (Wildman–Crippen LogP) is 5.69. The fraction of sp³-hybridized carbons (Fsp3) is 0.417. The van der Waals surface area contributed by atoms with Gasteiger partial charge in [0, 0.05) is 36.0 Å². The number of nitrogens with zero attached hydrogens (tertiary/aromatic N) is 4. The van der Waals surface area contributed by atoms with E-state index in [-0.39, 0.29) is 5.69 Å². The molecule has 4 rings (SSSR count). The summed E-state index contributed by atoms with van der Waals surface area (Å²) < 4.78 is 5.40. The number of nitrogens with one attached hydrogen (secondary N) is 2. The number of aromatic amines is 1. The van der Waals surface area contributed by atoms with Crippen LogP contribution in [-0.4, -0.2) is 45.3 Å². The Morgan fingerprint density at radius 2 is 1.94 bits per heavy atom. The molecular formula is C24H26Cl2N6O2. The van der Waals surface area contributed by atoms with Crippen LogP contribution in [0.1, 0.15) is 46.2 Å². The van der Waals surface area contributed by atoms with Gasteiger partial charge in [0.25, 0.3) is 0 Å². The number of ether oxygens (including phenoxy) is 1. The number of hydrogen-bond acceptors (Lipinski definition) is 6. The lowest BCUT2D eigenvalue weighted by Gasteiger charge is -2.40. The highest BCUT2D eigenvalue weighted by molar-refractivity contribution is 6.44. The monoisotopic (exact) mass is 500 g/mol. The highest BCUT2D eigenvalue weighted by Crippen LogP contribution is 2.38. The minimum absolute atomic E-state index is 0.257. The van der Waals surface area contributed by atoms with Crippen molar-refractivity contribution in [3.63, 3.8) is 0 Å². The Morgan fingerprint density at radius 1 is 1.24 bits per heavy atom. The zero-order chi connectivity index (χ0) is 24.7.